The zero-order chi connectivity index (χ0) is 14.0. The maximum atomic E-state index is 11.8. The molecule has 0 saturated carbocycles. The van der Waals surface area contributed by atoms with Crippen LogP contribution in [-0.4, -0.2) is 48.2 Å². The summed E-state index contributed by atoms with van der Waals surface area (Å²) in [6.45, 7) is 0. The number of aromatic nitrogens is 4. The average molecular weight is 304 g/mol. The van der Waals surface area contributed by atoms with Crippen LogP contribution in [0.1, 0.15) is 4.79 Å². The second-order valence-electron chi connectivity index (χ2n) is 3.35. The van der Waals surface area contributed by atoms with Gasteiger partial charge < -0.3 is 5.11 Å². The monoisotopic (exact) mass is 303 g/mol. The number of amides is 1. The van der Waals surface area contributed by atoms with E-state index in [1.54, 1.807) is 0 Å². The van der Waals surface area contributed by atoms with E-state index in [0.29, 0.717) is 0 Å². The van der Waals surface area contributed by atoms with Crippen LogP contribution in [0, 0.1) is 0 Å². The smallest absolute Gasteiger partial charge is 0.250 e. The summed E-state index contributed by atoms with van der Waals surface area (Å²) in [5, 5.41) is 11.9. The number of anilines is 1. The lowest BCUT2D eigenvalue weighted by molar-refractivity contribution is -0.114. The van der Waals surface area contributed by atoms with Gasteiger partial charge in [0.15, 0.2) is 11.2 Å². The Morgan fingerprint density at radius 3 is 2.68 bits per heavy atom. The van der Waals surface area contributed by atoms with Gasteiger partial charge in [-0.2, -0.15) is 4.98 Å². The highest BCUT2D eigenvalue weighted by atomic mass is 35.5. The Morgan fingerprint density at radius 1 is 1.32 bits per heavy atom. The molecule has 2 N–H and O–H groups in total. The molecule has 0 spiro atoms. The van der Waals surface area contributed by atoms with E-state index in [9.17, 15) is 14.7 Å². The third-order valence-electron chi connectivity index (χ3n) is 2.16. The van der Waals surface area contributed by atoms with Gasteiger partial charge in [-0.05, 0) is 0 Å². The van der Waals surface area contributed by atoms with Crippen molar-refractivity contribution in [2.24, 2.45) is 0 Å². The van der Waals surface area contributed by atoms with Crippen LogP contribution in [0.15, 0.2) is 6.33 Å². The molecule has 2 aromatic rings. The van der Waals surface area contributed by atoms with E-state index in [1.165, 1.54) is 0 Å². The summed E-state index contributed by atoms with van der Waals surface area (Å²) in [7, 11) is 0. The van der Waals surface area contributed by atoms with Gasteiger partial charge in [-0.25, -0.2) is 14.5 Å². The molecule has 100 valence electrons. The Bertz CT molecular complexity index is 657. The van der Waals surface area contributed by atoms with Gasteiger partial charge in [-0.3, -0.25) is 14.9 Å². The molecule has 0 bridgehead atoms. The van der Waals surface area contributed by atoms with Crippen molar-refractivity contribution in [1.29, 1.82) is 0 Å². The molecule has 2 aromatic heterocycles. The molecule has 0 aliphatic rings. The van der Waals surface area contributed by atoms with Crippen LogP contribution in [0.3, 0.4) is 0 Å². The summed E-state index contributed by atoms with van der Waals surface area (Å²) >= 11 is 10.8. The minimum Gasteiger partial charge on any atom is -0.492 e. The predicted octanol–water partition coefficient (Wildman–Crippen LogP) is 0.588. The number of hydrogen-bond acceptors (Lipinski definition) is 6. The first-order valence-corrected chi connectivity index (χ1v) is 6.02. The molecule has 8 nitrogen and oxygen atoms in total. The number of imidazole rings is 1. The molecular formula is C9H7Cl2N5O3. The fourth-order valence-electron chi connectivity index (χ4n) is 1.42. The van der Waals surface area contributed by atoms with Gasteiger partial charge in [-0.15, -0.1) is 23.2 Å². The Balaban J connectivity index is 2.64. The molecule has 2 rings (SSSR count). The van der Waals surface area contributed by atoms with Crippen LogP contribution in [0.5, 0.6) is 5.88 Å². The lowest BCUT2D eigenvalue weighted by Crippen LogP contribution is -2.21. The third kappa shape index (κ3) is 2.45. The van der Waals surface area contributed by atoms with Gasteiger partial charge in [0.25, 0.3) is 0 Å². The van der Waals surface area contributed by atoms with E-state index in [4.69, 9.17) is 23.2 Å². The molecule has 0 aliphatic carbocycles. The van der Waals surface area contributed by atoms with Gasteiger partial charge in [0.2, 0.25) is 23.6 Å². The zero-order valence-corrected chi connectivity index (χ0v) is 10.8. The first kappa shape index (κ1) is 13.5. The van der Waals surface area contributed by atoms with Crippen molar-refractivity contribution in [3.8, 4) is 5.88 Å². The van der Waals surface area contributed by atoms with Crippen molar-refractivity contribution < 1.29 is 14.7 Å². The van der Waals surface area contributed by atoms with Crippen LogP contribution >= 0.6 is 23.2 Å². The van der Waals surface area contributed by atoms with E-state index in [1.807, 2.05) is 0 Å². The van der Waals surface area contributed by atoms with Crippen molar-refractivity contribution in [2.75, 3.05) is 17.1 Å². The molecule has 19 heavy (non-hydrogen) atoms. The van der Waals surface area contributed by atoms with Crippen molar-refractivity contribution in [1.82, 2.24) is 19.5 Å². The van der Waals surface area contributed by atoms with E-state index in [2.05, 4.69) is 20.3 Å². The van der Waals surface area contributed by atoms with Crippen LogP contribution in [0.2, 0.25) is 0 Å². The molecule has 0 unspecified atom stereocenters. The number of nitrogens with zero attached hydrogens (tertiary/aromatic N) is 4. The lowest BCUT2D eigenvalue weighted by Gasteiger charge is -2.05. The molecule has 0 aliphatic heterocycles. The third-order valence-corrected chi connectivity index (χ3v) is 2.63. The van der Waals surface area contributed by atoms with Crippen molar-refractivity contribution >= 4 is 52.1 Å². The number of carbonyl (C=O) groups is 2. The normalized spacial score (nSPS) is 10.6. The van der Waals surface area contributed by atoms with Gasteiger partial charge in [0.1, 0.15) is 18.1 Å². The highest BCUT2D eigenvalue weighted by molar-refractivity contribution is 6.29. The quantitative estimate of drug-likeness (QED) is 0.803. The summed E-state index contributed by atoms with van der Waals surface area (Å²) in [6, 6.07) is 0. The fraction of sp³-hybridized carbons (Fsp3) is 0.222. The lowest BCUT2D eigenvalue weighted by atomic mass is 10.5. The number of aromatic hydroxyl groups is 1. The summed E-state index contributed by atoms with van der Waals surface area (Å²) in [6.07, 6.45) is 1.06. The van der Waals surface area contributed by atoms with Crippen LogP contribution in [0.25, 0.3) is 11.2 Å². The van der Waals surface area contributed by atoms with Crippen LogP contribution < -0.4 is 5.32 Å². The first-order valence-electron chi connectivity index (χ1n) is 4.96. The molecule has 0 fully saturated rings. The fourth-order valence-corrected chi connectivity index (χ4v) is 1.60. The average Bonchev–Trinajstić information content (AvgIpc) is 2.77. The Labute approximate surface area is 116 Å². The maximum absolute atomic E-state index is 11.8. The largest absolute Gasteiger partial charge is 0.492 e. The summed E-state index contributed by atoms with van der Waals surface area (Å²) in [4.78, 5) is 34.3. The topological polar surface area (TPSA) is 110 Å². The Hall–Kier alpha value is -1.93. The van der Waals surface area contributed by atoms with Gasteiger partial charge in [0.05, 0.1) is 0 Å². The zero-order valence-electron chi connectivity index (χ0n) is 9.30. The molecule has 0 saturated heterocycles. The molecule has 0 atom stereocenters. The molecule has 2 heterocycles. The van der Waals surface area contributed by atoms with Crippen LogP contribution in [-0.2, 0) is 4.79 Å². The number of halogens is 2. The SMILES string of the molecule is O=C(CCl)Nc1nc2c(O)ncnc2n1C(=O)CCl. The first-order chi connectivity index (χ1) is 9.08. The van der Waals surface area contributed by atoms with Crippen molar-refractivity contribution in [3.63, 3.8) is 0 Å². The number of hydrogen-bond donors (Lipinski definition) is 2. The highest BCUT2D eigenvalue weighted by Gasteiger charge is 2.21. The number of nitrogens with one attached hydrogen (secondary N) is 1. The molecule has 0 radical (unpaired) electrons. The molecular weight excluding hydrogens is 297 g/mol. The van der Waals surface area contributed by atoms with E-state index in [-0.39, 0.29) is 28.9 Å². The van der Waals surface area contributed by atoms with Gasteiger partial charge >= 0.3 is 0 Å². The minimum absolute atomic E-state index is 0.0224. The molecule has 10 heteroatoms. The number of fused-ring (bicyclic) bond motifs is 1. The summed E-state index contributed by atoms with van der Waals surface area (Å²) < 4.78 is 0.980. The molecule has 1 amide bonds. The summed E-state index contributed by atoms with van der Waals surface area (Å²) in [5.74, 6) is -2.31. The van der Waals surface area contributed by atoms with E-state index < -0.39 is 17.7 Å². The second kappa shape index (κ2) is 5.37. The van der Waals surface area contributed by atoms with Crippen molar-refractivity contribution in [3.05, 3.63) is 6.33 Å². The van der Waals surface area contributed by atoms with Gasteiger partial charge in [0, 0.05) is 0 Å². The van der Waals surface area contributed by atoms with Crippen molar-refractivity contribution in [2.45, 2.75) is 0 Å². The number of alkyl halides is 2. The molecule has 0 aromatic carbocycles. The Morgan fingerprint density at radius 2 is 2.05 bits per heavy atom. The number of carbonyl (C=O) groups excluding carboxylic acids is 2. The second-order valence-corrected chi connectivity index (χ2v) is 3.88. The maximum Gasteiger partial charge on any atom is 0.250 e. The Kier molecular flexibility index (Phi) is 3.82. The highest BCUT2D eigenvalue weighted by Crippen LogP contribution is 2.23. The van der Waals surface area contributed by atoms with Crippen LogP contribution in [0.4, 0.5) is 5.95 Å². The number of rotatable bonds is 3. The van der Waals surface area contributed by atoms with Gasteiger partial charge in [-0.1, -0.05) is 0 Å². The standard InChI is InChI=1S/C9H7Cl2N5O3/c10-1-4(17)14-9-15-6-7(12-3-13-8(6)19)16(9)5(18)2-11/h3H,1-2H2,(H,12,13,19)(H,14,15,17). The summed E-state index contributed by atoms with van der Waals surface area (Å²) in [5.41, 5.74) is 0.0221. The predicted molar refractivity (Wildman–Crippen MR) is 67.7 cm³/mol. The minimum atomic E-state index is -0.563. The van der Waals surface area contributed by atoms with E-state index in [0.717, 1.165) is 10.9 Å². The van der Waals surface area contributed by atoms with E-state index >= 15 is 0 Å².